The van der Waals surface area contributed by atoms with E-state index in [0.29, 0.717) is 6.42 Å². The van der Waals surface area contributed by atoms with E-state index in [2.05, 4.69) is 0 Å². The summed E-state index contributed by atoms with van der Waals surface area (Å²) in [6, 6.07) is -0.780. The maximum Gasteiger partial charge on any atom is 0.306 e. The number of hydrogen-bond donors (Lipinski definition) is 2. The lowest BCUT2D eigenvalue weighted by molar-refractivity contribution is -0.149. The summed E-state index contributed by atoms with van der Waals surface area (Å²) in [5.74, 6) is -2.42. The van der Waals surface area contributed by atoms with Gasteiger partial charge in [0.25, 0.3) is 0 Å². The van der Waals surface area contributed by atoms with Crippen molar-refractivity contribution >= 4 is 17.8 Å². The number of nitrogens with two attached hydrogens (primary N) is 1. The fraction of sp³-hybridized carbons (Fsp3) is 0.667. The van der Waals surface area contributed by atoms with Crippen molar-refractivity contribution in [3.8, 4) is 0 Å². The van der Waals surface area contributed by atoms with Crippen molar-refractivity contribution in [3.63, 3.8) is 0 Å². The summed E-state index contributed by atoms with van der Waals surface area (Å²) in [6.45, 7) is 1.62. The average molecular weight is 214 g/mol. The Bertz CT molecular complexity index is 302. The van der Waals surface area contributed by atoms with E-state index in [0.717, 1.165) is 0 Å². The minimum absolute atomic E-state index is 0.115. The lowest BCUT2D eigenvalue weighted by Crippen LogP contribution is -2.52. The number of carbonyl (C=O) groups is 3. The number of likely N-dealkylation sites (tertiary alicyclic amines) is 1. The highest BCUT2D eigenvalue weighted by Gasteiger charge is 2.36. The van der Waals surface area contributed by atoms with E-state index in [1.807, 2.05) is 0 Å². The second-order valence-corrected chi connectivity index (χ2v) is 3.69. The number of piperidine rings is 1. The SMILES string of the molecule is CC(=O)N1CC[C@@H](C(=O)O)C[C@H]1C(N)=O. The number of carboxylic acid groups (broad SMARTS) is 1. The number of rotatable bonds is 2. The zero-order valence-electron chi connectivity index (χ0n) is 8.47. The van der Waals surface area contributed by atoms with E-state index >= 15 is 0 Å². The van der Waals surface area contributed by atoms with Crippen LogP contribution in [-0.4, -0.2) is 40.4 Å². The molecule has 0 aromatic rings. The Morgan fingerprint density at radius 2 is 2.00 bits per heavy atom. The molecular formula is C9H14N2O4. The minimum atomic E-state index is -0.940. The van der Waals surface area contributed by atoms with Crippen LogP contribution in [0.2, 0.25) is 0 Å². The summed E-state index contributed by atoms with van der Waals surface area (Å²) in [5.41, 5.74) is 5.13. The summed E-state index contributed by atoms with van der Waals surface area (Å²) in [6.07, 6.45) is 0.489. The first-order valence-corrected chi connectivity index (χ1v) is 4.72. The molecule has 6 heteroatoms. The highest BCUT2D eigenvalue weighted by molar-refractivity contribution is 5.86. The molecule has 84 valence electrons. The van der Waals surface area contributed by atoms with Crippen LogP contribution in [0.1, 0.15) is 19.8 Å². The van der Waals surface area contributed by atoms with E-state index < -0.39 is 23.8 Å². The Balaban J connectivity index is 2.78. The van der Waals surface area contributed by atoms with E-state index in [-0.39, 0.29) is 18.9 Å². The molecule has 1 aliphatic rings. The molecule has 0 bridgehead atoms. The highest BCUT2D eigenvalue weighted by Crippen LogP contribution is 2.23. The van der Waals surface area contributed by atoms with Gasteiger partial charge in [0.05, 0.1) is 5.92 Å². The van der Waals surface area contributed by atoms with Crippen LogP contribution in [0.3, 0.4) is 0 Å². The predicted molar refractivity (Wildman–Crippen MR) is 50.7 cm³/mol. The smallest absolute Gasteiger partial charge is 0.306 e. The van der Waals surface area contributed by atoms with Gasteiger partial charge >= 0.3 is 5.97 Å². The number of primary amides is 1. The first-order chi connectivity index (χ1) is 6.93. The zero-order valence-corrected chi connectivity index (χ0v) is 8.47. The van der Waals surface area contributed by atoms with Crippen LogP contribution in [0.4, 0.5) is 0 Å². The van der Waals surface area contributed by atoms with E-state index in [4.69, 9.17) is 10.8 Å². The lowest BCUT2D eigenvalue weighted by Gasteiger charge is -2.35. The summed E-state index contributed by atoms with van der Waals surface area (Å²) in [5, 5.41) is 8.81. The Hall–Kier alpha value is -1.59. The number of carboxylic acids is 1. The molecule has 2 atom stereocenters. The van der Waals surface area contributed by atoms with Crippen LogP contribution in [0.5, 0.6) is 0 Å². The van der Waals surface area contributed by atoms with Crippen LogP contribution in [0.25, 0.3) is 0 Å². The lowest BCUT2D eigenvalue weighted by atomic mass is 9.90. The summed E-state index contributed by atoms with van der Waals surface area (Å²) in [4.78, 5) is 34.3. The van der Waals surface area contributed by atoms with Crippen LogP contribution < -0.4 is 5.73 Å². The summed E-state index contributed by atoms with van der Waals surface area (Å²) in [7, 11) is 0. The van der Waals surface area contributed by atoms with Crippen LogP contribution >= 0.6 is 0 Å². The highest BCUT2D eigenvalue weighted by atomic mass is 16.4. The van der Waals surface area contributed by atoms with Gasteiger partial charge in [0, 0.05) is 13.5 Å². The van der Waals surface area contributed by atoms with Gasteiger partial charge in [0.15, 0.2) is 0 Å². The zero-order chi connectivity index (χ0) is 11.6. The van der Waals surface area contributed by atoms with Crippen LogP contribution in [0, 0.1) is 5.92 Å². The molecule has 0 radical (unpaired) electrons. The van der Waals surface area contributed by atoms with Gasteiger partial charge in [-0.15, -0.1) is 0 Å². The van der Waals surface area contributed by atoms with Crippen LogP contribution in [0.15, 0.2) is 0 Å². The molecular weight excluding hydrogens is 200 g/mol. The first-order valence-electron chi connectivity index (χ1n) is 4.72. The fourth-order valence-electron chi connectivity index (χ4n) is 1.84. The number of aliphatic carboxylic acids is 1. The van der Waals surface area contributed by atoms with Crippen molar-refractivity contribution in [2.45, 2.75) is 25.8 Å². The number of nitrogens with zero attached hydrogens (tertiary/aromatic N) is 1. The number of carbonyl (C=O) groups excluding carboxylic acids is 2. The molecule has 1 aliphatic heterocycles. The molecule has 1 heterocycles. The fourth-order valence-corrected chi connectivity index (χ4v) is 1.84. The van der Waals surface area contributed by atoms with Gasteiger partial charge in [-0.1, -0.05) is 0 Å². The van der Waals surface area contributed by atoms with Gasteiger partial charge < -0.3 is 15.7 Å². The number of hydrogen-bond acceptors (Lipinski definition) is 3. The largest absolute Gasteiger partial charge is 0.481 e. The maximum atomic E-state index is 11.2. The molecule has 3 N–H and O–H groups in total. The maximum absolute atomic E-state index is 11.2. The standard InChI is InChI=1S/C9H14N2O4/c1-5(12)11-3-2-6(9(14)15)4-7(11)8(10)13/h6-7H,2-4H2,1H3,(H2,10,13)(H,14,15)/t6-,7+/m1/s1. The Labute approximate surface area is 87.0 Å². The normalized spacial score (nSPS) is 26.1. The van der Waals surface area contributed by atoms with Gasteiger partial charge in [-0.25, -0.2) is 0 Å². The molecule has 1 rings (SSSR count). The van der Waals surface area contributed by atoms with Gasteiger partial charge in [-0.2, -0.15) is 0 Å². The molecule has 0 unspecified atom stereocenters. The first kappa shape index (κ1) is 11.5. The molecule has 0 saturated carbocycles. The van der Waals surface area contributed by atoms with Gasteiger partial charge in [0.2, 0.25) is 11.8 Å². The van der Waals surface area contributed by atoms with E-state index in [9.17, 15) is 14.4 Å². The van der Waals surface area contributed by atoms with E-state index in [1.165, 1.54) is 11.8 Å². The topological polar surface area (TPSA) is 101 Å². The van der Waals surface area contributed by atoms with Crippen molar-refractivity contribution in [1.29, 1.82) is 0 Å². The molecule has 1 saturated heterocycles. The third-order valence-electron chi connectivity index (χ3n) is 2.68. The molecule has 0 aromatic heterocycles. The van der Waals surface area contributed by atoms with Gasteiger partial charge in [0.1, 0.15) is 6.04 Å². The summed E-state index contributed by atoms with van der Waals surface area (Å²) >= 11 is 0. The van der Waals surface area contributed by atoms with Crippen molar-refractivity contribution in [2.24, 2.45) is 11.7 Å². The molecule has 0 aliphatic carbocycles. The Morgan fingerprint density at radius 1 is 1.40 bits per heavy atom. The van der Waals surface area contributed by atoms with Crippen LogP contribution in [-0.2, 0) is 14.4 Å². The number of amides is 2. The molecule has 6 nitrogen and oxygen atoms in total. The predicted octanol–water partition coefficient (Wildman–Crippen LogP) is -0.817. The van der Waals surface area contributed by atoms with E-state index in [1.54, 1.807) is 0 Å². The van der Waals surface area contributed by atoms with Gasteiger partial charge in [-0.05, 0) is 12.8 Å². The molecule has 0 aromatic carbocycles. The van der Waals surface area contributed by atoms with Crippen molar-refractivity contribution in [2.75, 3.05) is 6.54 Å². The molecule has 2 amide bonds. The molecule has 15 heavy (non-hydrogen) atoms. The third kappa shape index (κ3) is 2.45. The van der Waals surface area contributed by atoms with Crippen molar-refractivity contribution < 1.29 is 19.5 Å². The minimum Gasteiger partial charge on any atom is -0.481 e. The summed E-state index contributed by atoms with van der Waals surface area (Å²) < 4.78 is 0. The quantitative estimate of drug-likeness (QED) is 0.627. The monoisotopic (exact) mass is 214 g/mol. The Kier molecular flexibility index (Phi) is 3.28. The third-order valence-corrected chi connectivity index (χ3v) is 2.68. The van der Waals surface area contributed by atoms with Gasteiger partial charge in [-0.3, -0.25) is 14.4 Å². The van der Waals surface area contributed by atoms with Crippen molar-refractivity contribution in [1.82, 2.24) is 4.90 Å². The Morgan fingerprint density at radius 3 is 2.40 bits per heavy atom. The molecule has 0 spiro atoms. The second kappa shape index (κ2) is 4.29. The second-order valence-electron chi connectivity index (χ2n) is 3.69. The average Bonchev–Trinajstić information content (AvgIpc) is 2.16. The molecule has 1 fully saturated rings. The van der Waals surface area contributed by atoms with Crippen molar-refractivity contribution in [3.05, 3.63) is 0 Å².